The Morgan fingerprint density at radius 2 is 1.45 bits per heavy atom. The van der Waals surface area contributed by atoms with Crippen LogP contribution in [-0.4, -0.2) is 95.1 Å². The van der Waals surface area contributed by atoms with Crippen LogP contribution in [0.4, 0.5) is 4.79 Å². The lowest BCUT2D eigenvalue weighted by atomic mass is 10.2. The quantitative estimate of drug-likeness (QED) is 0.139. The summed E-state index contributed by atoms with van der Waals surface area (Å²) in [5.74, 6) is -0.700. The molecule has 1 heterocycles. The second kappa shape index (κ2) is 17.2. The average molecular weight is 444 g/mol. The third-order valence-corrected chi connectivity index (χ3v) is 3.94. The fourth-order valence-corrected chi connectivity index (χ4v) is 2.43. The molecule has 1 rings (SSSR count). The second-order valence-electron chi connectivity index (χ2n) is 6.32. The summed E-state index contributed by atoms with van der Waals surface area (Å²) < 4.78 is 20.7. The number of carbonyl (C=O) groups is 4. The standard InChI is InChI=1S/C19H32N4O8/c1-20-22-19(27)31-15-14-30-13-12-29-11-10-28-9-7-21-16(24)4-2-3-8-23-17(25)5-6-18(23)26/h5-6,20H,2-4,7-15H2,1H3,(H,21,24)(H,22,27). The molecule has 3 N–H and O–H groups in total. The van der Waals surface area contributed by atoms with Crippen molar-refractivity contribution in [1.29, 1.82) is 0 Å². The Balaban J connectivity index is 1.79. The zero-order chi connectivity index (χ0) is 22.7. The number of imide groups is 1. The minimum atomic E-state index is -0.568. The molecule has 12 heteroatoms. The van der Waals surface area contributed by atoms with Gasteiger partial charge in [0.1, 0.15) is 6.61 Å². The number of unbranched alkanes of at least 4 members (excludes halogenated alkanes) is 1. The van der Waals surface area contributed by atoms with E-state index in [-0.39, 0.29) is 30.9 Å². The fourth-order valence-electron chi connectivity index (χ4n) is 2.43. The molecule has 0 aliphatic carbocycles. The van der Waals surface area contributed by atoms with Gasteiger partial charge in [-0.2, -0.15) is 0 Å². The van der Waals surface area contributed by atoms with Crippen molar-refractivity contribution >= 4 is 23.8 Å². The van der Waals surface area contributed by atoms with Crippen molar-refractivity contribution in [2.24, 2.45) is 0 Å². The normalized spacial score (nSPS) is 13.0. The van der Waals surface area contributed by atoms with E-state index in [9.17, 15) is 19.2 Å². The van der Waals surface area contributed by atoms with Crippen LogP contribution in [0.3, 0.4) is 0 Å². The highest BCUT2D eigenvalue weighted by Gasteiger charge is 2.22. The molecule has 176 valence electrons. The van der Waals surface area contributed by atoms with E-state index in [1.54, 1.807) is 7.05 Å². The average Bonchev–Trinajstić information content (AvgIpc) is 3.06. The van der Waals surface area contributed by atoms with E-state index in [1.807, 2.05) is 0 Å². The Kier molecular flexibility index (Phi) is 14.7. The first-order valence-electron chi connectivity index (χ1n) is 10.2. The first-order valence-corrected chi connectivity index (χ1v) is 10.2. The minimum Gasteiger partial charge on any atom is -0.446 e. The highest BCUT2D eigenvalue weighted by molar-refractivity contribution is 6.12. The lowest BCUT2D eigenvalue weighted by Gasteiger charge is -2.13. The first kappa shape index (κ1) is 26.5. The number of hydrogen-bond donors (Lipinski definition) is 3. The van der Waals surface area contributed by atoms with Gasteiger partial charge in [-0.15, -0.1) is 0 Å². The molecule has 1 aliphatic rings. The van der Waals surface area contributed by atoms with Crippen molar-refractivity contribution in [3.63, 3.8) is 0 Å². The fraction of sp³-hybridized carbons (Fsp3) is 0.684. The van der Waals surface area contributed by atoms with Crippen LogP contribution in [0, 0.1) is 0 Å². The monoisotopic (exact) mass is 444 g/mol. The number of hydrazine groups is 1. The van der Waals surface area contributed by atoms with Gasteiger partial charge in [-0.25, -0.2) is 10.2 Å². The van der Waals surface area contributed by atoms with Crippen LogP contribution in [0.5, 0.6) is 0 Å². The van der Waals surface area contributed by atoms with Crippen molar-refractivity contribution in [2.75, 3.05) is 66.4 Å². The maximum atomic E-state index is 11.7. The summed E-state index contributed by atoms with van der Waals surface area (Å²) in [5, 5.41) is 2.75. The van der Waals surface area contributed by atoms with Crippen LogP contribution in [-0.2, 0) is 33.3 Å². The van der Waals surface area contributed by atoms with Gasteiger partial charge >= 0.3 is 6.09 Å². The molecule has 31 heavy (non-hydrogen) atoms. The summed E-state index contributed by atoms with van der Waals surface area (Å²) in [5.41, 5.74) is 4.71. The van der Waals surface area contributed by atoms with Gasteiger partial charge in [0, 0.05) is 38.7 Å². The molecule has 0 aromatic heterocycles. The molecule has 0 bridgehead atoms. The van der Waals surface area contributed by atoms with Crippen LogP contribution in [0.2, 0.25) is 0 Å². The van der Waals surface area contributed by atoms with Gasteiger partial charge in [0.05, 0.1) is 39.6 Å². The Hall–Kier alpha value is -2.54. The summed E-state index contributed by atoms with van der Waals surface area (Å²) >= 11 is 0. The van der Waals surface area contributed by atoms with Crippen LogP contribution in [0.25, 0.3) is 0 Å². The SMILES string of the molecule is CNNC(=O)OCCOCCOCCOCCNC(=O)CCCCN1C(=O)C=CC1=O. The number of ether oxygens (including phenoxy) is 4. The third-order valence-electron chi connectivity index (χ3n) is 3.94. The topological polar surface area (TPSA) is 145 Å². The molecular formula is C19H32N4O8. The summed E-state index contributed by atoms with van der Waals surface area (Å²) in [6, 6.07) is 0. The summed E-state index contributed by atoms with van der Waals surface area (Å²) in [7, 11) is 1.56. The van der Waals surface area contributed by atoms with Crippen molar-refractivity contribution in [1.82, 2.24) is 21.1 Å². The number of nitrogens with one attached hydrogen (secondary N) is 3. The molecule has 1 aliphatic heterocycles. The predicted molar refractivity (Wildman–Crippen MR) is 109 cm³/mol. The van der Waals surface area contributed by atoms with Crippen molar-refractivity contribution in [3.05, 3.63) is 12.2 Å². The molecule has 0 atom stereocenters. The summed E-state index contributed by atoms with van der Waals surface area (Å²) in [6.45, 7) is 3.11. The van der Waals surface area contributed by atoms with Crippen molar-refractivity contribution < 1.29 is 38.1 Å². The van der Waals surface area contributed by atoms with E-state index in [0.717, 1.165) is 0 Å². The number of hydrogen-bond acceptors (Lipinski definition) is 9. The van der Waals surface area contributed by atoms with Crippen LogP contribution in [0.15, 0.2) is 12.2 Å². The van der Waals surface area contributed by atoms with Crippen molar-refractivity contribution in [2.45, 2.75) is 19.3 Å². The zero-order valence-electron chi connectivity index (χ0n) is 17.9. The van der Waals surface area contributed by atoms with E-state index < -0.39 is 6.09 Å². The molecule has 0 spiro atoms. The molecule has 0 saturated heterocycles. The number of amides is 4. The maximum Gasteiger partial charge on any atom is 0.421 e. The molecule has 0 fully saturated rings. The van der Waals surface area contributed by atoms with Gasteiger partial charge in [-0.05, 0) is 12.8 Å². The largest absolute Gasteiger partial charge is 0.446 e. The Morgan fingerprint density at radius 1 is 0.871 bits per heavy atom. The molecule has 0 radical (unpaired) electrons. The van der Waals surface area contributed by atoms with E-state index in [1.165, 1.54) is 17.1 Å². The molecule has 0 saturated carbocycles. The number of nitrogens with zero attached hydrogens (tertiary/aromatic N) is 1. The number of carbonyl (C=O) groups excluding carboxylic acids is 4. The molecule has 4 amide bonds. The van der Waals surface area contributed by atoms with E-state index in [4.69, 9.17) is 18.9 Å². The molecule has 0 unspecified atom stereocenters. The van der Waals surface area contributed by atoms with Crippen LogP contribution in [0.1, 0.15) is 19.3 Å². The van der Waals surface area contributed by atoms with Crippen molar-refractivity contribution in [3.8, 4) is 0 Å². The van der Waals surface area contributed by atoms with Gasteiger partial charge in [0.25, 0.3) is 11.8 Å². The molecule has 12 nitrogen and oxygen atoms in total. The van der Waals surface area contributed by atoms with E-state index in [0.29, 0.717) is 65.4 Å². The molecule has 0 aromatic rings. The van der Waals surface area contributed by atoms with Gasteiger partial charge in [0.15, 0.2) is 0 Å². The Bertz CT molecular complexity index is 581. The van der Waals surface area contributed by atoms with Gasteiger partial charge in [0.2, 0.25) is 5.91 Å². The van der Waals surface area contributed by atoms with Gasteiger partial charge in [-0.3, -0.25) is 24.7 Å². The zero-order valence-corrected chi connectivity index (χ0v) is 17.9. The second-order valence-corrected chi connectivity index (χ2v) is 6.32. The maximum absolute atomic E-state index is 11.7. The van der Waals surface area contributed by atoms with Gasteiger partial charge in [-0.1, -0.05) is 0 Å². The summed E-state index contributed by atoms with van der Waals surface area (Å²) in [6.07, 6.45) is 3.44. The smallest absolute Gasteiger partial charge is 0.421 e. The lowest BCUT2D eigenvalue weighted by Crippen LogP contribution is -2.35. The number of rotatable bonds is 18. The van der Waals surface area contributed by atoms with Crippen LogP contribution < -0.4 is 16.2 Å². The van der Waals surface area contributed by atoms with E-state index in [2.05, 4.69) is 16.2 Å². The van der Waals surface area contributed by atoms with E-state index >= 15 is 0 Å². The third kappa shape index (κ3) is 13.4. The minimum absolute atomic E-state index is 0.0957. The van der Waals surface area contributed by atoms with Crippen LogP contribution >= 0.6 is 0 Å². The highest BCUT2D eigenvalue weighted by Crippen LogP contribution is 2.06. The Labute approximate surface area is 181 Å². The Morgan fingerprint density at radius 3 is 2.06 bits per heavy atom. The highest BCUT2D eigenvalue weighted by atomic mass is 16.6. The predicted octanol–water partition coefficient (Wildman–Crippen LogP) is -0.892. The molecular weight excluding hydrogens is 412 g/mol. The molecule has 0 aromatic carbocycles. The lowest BCUT2D eigenvalue weighted by molar-refractivity contribution is -0.136. The van der Waals surface area contributed by atoms with Gasteiger partial charge < -0.3 is 24.3 Å². The summed E-state index contributed by atoms with van der Waals surface area (Å²) in [4.78, 5) is 46.6. The first-order chi connectivity index (χ1) is 15.0.